The lowest BCUT2D eigenvalue weighted by molar-refractivity contribution is -0.123. The molecule has 0 atom stereocenters. The third-order valence-electron chi connectivity index (χ3n) is 7.73. The Morgan fingerprint density at radius 2 is 1.50 bits per heavy atom. The zero-order valence-electron chi connectivity index (χ0n) is 19.8. The molecule has 0 aromatic heterocycles. The van der Waals surface area contributed by atoms with E-state index in [9.17, 15) is 4.79 Å². The van der Waals surface area contributed by atoms with Crippen molar-refractivity contribution in [1.82, 2.24) is 20.0 Å². The highest BCUT2D eigenvalue weighted by atomic mass is 16.2. The van der Waals surface area contributed by atoms with Gasteiger partial charge in [0.25, 0.3) is 0 Å². The lowest BCUT2D eigenvalue weighted by atomic mass is 9.79. The van der Waals surface area contributed by atoms with Crippen LogP contribution in [0.25, 0.3) is 6.08 Å². The summed E-state index contributed by atoms with van der Waals surface area (Å²) in [5.74, 6) is 0.212. The van der Waals surface area contributed by atoms with Crippen LogP contribution in [0.1, 0.15) is 56.9 Å². The molecule has 1 aromatic rings. The molecule has 4 rings (SSSR count). The Bertz CT molecular complexity index is 714. The minimum Gasteiger partial charge on any atom is -0.353 e. The number of hydrogen-bond donors (Lipinski definition) is 1. The third kappa shape index (κ3) is 6.66. The Kier molecular flexibility index (Phi) is 8.77. The van der Waals surface area contributed by atoms with E-state index in [4.69, 9.17) is 0 Å². The topological polar surface area (TPSA) is 38.8 Å². The first-order chi connectivity index (χ1) is 15.7. The molecule has 176 valence electrons. The molecule has 0 radical (unpaired) electrons. The van der Waals surface area contributed by atoms with Crippen molar-refractivity contribution in [3.8, 4) is 0 Å². The molecular weight excluding hydrogens is 396 g/mol. The van der Waals surface area contributed by atoms with Crippen molar-refractivity contribution in [2.75, 3.05) is 58.9 Å². The lowest BCUT2D eigenvalue weighted by Gasteiger charge is -2.48. The fraction of sp³-hybridized carbons (Fsp3) is 0.667. The predicted molar refractivity (Wildman–Crippen MR) is 133 cm³/mol. The van der Waals surface area contributed by atoms with Crippen molar-refractivity contribution in [3.05, 3.63) is 42.0 Å². The van der Waals surface area contributed by atoms with E-state index in [1.807, 2.05) is 0 Å². The number of nitrogens with zero attached hydrogens (tertiary/aromatic N) is 3. The quantitative estimate of drug-likeness (QED) is 0.673. The molecule has 2 aliphatic heterocycles. The number of piperazine rings is 1. The van der Waals surface area contributed by atoms with Crippen molar-refractivity contribution in [2.45, 2.75) is 56.9 Å². The van der Waals surface area contributed by atoms with Crippen molar-refractivity contribution in [1.29, 1.82) is 0 Å². The van der Waals surface area contributed by atoms with Crippen LogP contribution < -0.4 is 5.32 Å². The summed E-state index contributed by atoms with van der Waals surface area (Å²) in [6.45, 7) is 8.82. The third-order valence-corrected chi connectivity index (χ3v) is 7.73. The Balaban J connectivity index is 1.18. The molecule has 2 saturated heterocycles. The van der Waals surface area contributed by atoms with Gasteiger partial charge in [-0.2, -0.15) is 0 Å². The van der Waals surface area contributed by atoms with Gasteiger partial charge >= 0.3 is 0 Å². The molecule has 32 heavy (non-hydrogen) atoms. The van der Waals surface area contributed by atoms with Gasteiger partial charge in [0.2, 0.25) is 5.91 Å². The molecule has 1 aliphatic carbocycles. The molecule has 3 aliphatic rings. The summed E-state index contributed by atoms with van der Waals surface area (Å²) in [6.07, 6.45) is 14.9. The summed E-state index contributed by atoms with van der Waals surface area (Å²) in [6, 6.07) is 10.5. The number of rotatable bonds is 8. The molecule has 1 saturated carbocycles. The van der Waals surface area contributed by atoms with Gasteiger partial charge in [-0.3, -0.25) is 19.5 Å². The maximum absolute atomic E-state index is 12.8. The van der Waals surface area contributed by atoms with Crippen LogP contribution in [0.5, 0.6) is 0 Å². The van der Waals surface area contributed by atoms with Gasteiger partial charge in [-0.1, -0.05) is 68.2 Å². The van der Waals surface area contributed by atoms with Crippen molar-refractivity contribution in [3.63, 3.8) is 0 Å². The minimum absolute atomic E-state index is 0.212. The molecule has 5 nitrogen and oxygen atoms in total. The Morgan fingerprint density at radius 1 is 0.844 bits per heavy atom. The van der Waals surface area contributed by atoms with E-state index in [0.29, 0.717) is 6.54 Å². The van der Waals surface area contributed by atoms with Crippen LogP contribution in [-0.4, -0.2) is 85.0 Å². The highest BCUT2D eigenvalue weighted by Crippen LogP contribution is 2.35. The Hall–Kier alpha value is -1.69. The molecular formula is C27H42N4O. The van der Waals surface area contributed by atoms with E-state index < -0.39 is 0 Å². The molecule has 0 bridgehead atoms. The van der Waals surface area contributed by atoms with Gasteiger partial charge in [0, 0.05) is 44.8 Å². The number of likely N-dealkylation sites (tertiary alicyclic amines) is 1. The van der Waals surface area contributed by atoms with E-state index >= 15 is 0 Å². The normalized spacial score (nSPS) is 23.4. The predicted octanol–water partition coefficient (Wildman–Crippen LogP) is 3.62. The van der Waals surface area contributed by atoms with Crippen molar-refractivity contribution in [2.24, 2.45) is 0 Å². The van der Waals surface area contributed by atoms with Crippen molar-refractivity contribution >= 4 is 12.0 Å². The van der Waals surface area contributed by atoms with Crippen LogP contribution >= 0.6 is 0 Å². The second-order valence-corrected chi connectivity index (χ2v) is 10.00. The van der Waals surface area contributed by atoms with E-state index in [0.717, 1.165) is 39.3 Å². The second-order valence-electron chi connectivity index (χ2n) is 10.00. The SMILES string of the molecule is O=C(CN1CCN(CC=Cc2ccccc2)CC1)NCC1(N2CCCCC2)CCCCC1. The van der Waals surface area contributed by atoms with Gasteiger partial charge in [0.15, 0.2) is 0 Å². The molecule has 1 aromatic carbocycles. The molecule has 1 N–H and O–H groups in total. The maximum atomic E-state index is 12.8. The van der Waals surface area contributed by atoms with Crippen molar-refractivity contribution < 1.29 is 4.79 Å². The molecule has 3 fully saturated rings. The van der Waals surface area contributed by atoms with Gasteiger partial charge in [0.05, 0.1) is 6.54 Å². The van der Waals surface area contributed by atoms with Crippen LogP contribution in [0.3, 0.4) is 0 Å². The van der Waals surface area contributed by atoms with E-state index in [1.165, 1.54) is 70.0 Å². The first kappa shape index (κ1) is 23.5. The smallest absolute Gasteiger partial charge is 0.234 e. The number of piperidine rings is 1. The zero-order valence-corrected chi connectivity index (χ0v) is 19.8. The summed E-state index contributed by atoms with van der Waals surface area (Å²) in [4.78, 5) is 20.3. The fourth-order valence-corrected chi connectivity index (χ4v) is 5.74. The van der Waals surface area contributed by atoms with E-state index in [-0.39, 0.29) is 11.4 Å². The summed E-state index contributed by atoms with van der Waals surface area (Å²) in [5.41, 5.74) is 1.47. The minimum atomic E-state index is 0.212. The second kappa shape index (κ2) is 12.0. The van der Waals surface area contributed by atoms with Crippen LogP contribution in [-0.2, 0) is 4.79 Å². The Morgan fingerprint density at radius 3 is 2.22 bits per heavy atom. The zero-order chi connectivity index (χ0) is 22.1. The first-order valence-corrected chi connectivity index (χ1v) is 12.9. The number of nitrogens with one attached hydrogen (secondary N) is 1. The summed E-state index contributed by atoms with van der Waals surface area (Å²) in [7, 11) is 0. The Labute approximate surface area is 194 Å². The largest absolute Gasteiger partial charge is 0.353 e. The number of benzene rings is 1. The number of carbonyl (C=O) groups is 1. The summed E-state index contributed by atoms with van der Waals surface area (Å²) >= 11 is 0. The highest BCUT2D eigenvalue weighted by Gasteiger charge is 2.38. The number of hydrogen-bond acceptors (Lipinski definition) is 4. The van der Waals surface area contributed by atoms with Gasteiger partial charge in [0.1, 0.15) is 0 Å². The molecule has 0 unspecified atom stereocenters. The number of carbonyl (C=O) groups excluding carboxylic acids is 1. The van der Waals surface area contributed by atoms with Gasteiger partial charge in [-0.05, 0) is 44.3 Å². The van der Waals surface area contributed by atoms with Crippen LogP contribution in [0.15, 0.2) is 36.4 Å². The molecule has 0 spiro atoms. The van der Waals surface area contributed by atoms with Gasteiger partial charge in [-0.25, -0.2) is 0 Å². The van der Waals surface area contributed by atoms with E-state index in [2.05, 4.69) is 62.5 Å². The monoisotopic (exact) mass is 438 g/mol. The van der Waals surface area contributed by atoms with E-state index in [1.54, 1.807) is 0 Å². The fourth-order valence-electron chi connectivity index (χ4n) is 5.74. The lowest BCUT2D eigenvalue weighted by Crippen LogP contribution is -2.59. The molecule has 2 heterocycles. The summed E-state index contributed by atoms with van der Waals surface area (Å²) < 4.78 is 0. The average molecular weight is 439 g/mol. The van der Waals surface area contributed by atoms with Crippen LogP contribution in [0.4, 0.5) is 0 Å². The maximum Gasteiger partial charge on any atom is 0.234 e. The van der Waals surface area contributed by atoms with Crippen LogP contribution in [0, 0.1) is 0 Å². The number of amides is 1. The standard InChI is InChI=1S/C27H42N4O/c32-26(28-24-27(14-6-2-7-15-27)31-17-8-3-9-18-31)23-30-21-19-29(20-22-30)16-10-13-25-11-4-1-5-12-25/h1,4-5,10-13H,2-3,6-9,14-24H2,(H,28,32). The van der Waals surface area contributed by atoms with Gasteiger partial charge in [-0.15, -0.1) is 0 Å². The first-order valence-electron chi connectivity index (χ1n) is 12.9. The van der Waals surface area contributed by atoms with Crippen LogP contribution in [0.2, 0.25) is 0 Å². The van der Waals surface area contributed by atoms with Gasteiger partial charge < -0.3 is 5.32 Å². The average Bonchev–Trinajstić information content (AvgIpc) is 2.86. The molecule has 5 heteroatoms. The molecule has 1 amide bonds. The highest BCUT2D eigenvalue weighted by molar-refractivity contribution is 5.78. The summed E-state index contributed by atoms with van der Waals surface area (Å²) in [5, 5.41) is 3.35.